The van der Waals surface area contributed by atoms with Crippen LogP contribution in [0.3, 0.4) is 0 Å². The third kappa shape index (κ3) is 2.65. The molecule has 0 rings (SSSR count). The van der Waals surface area contributed by atoms with E-state index in [9.17, 15) is 4.79 Å². The highest BCUT2D eigenvalue weighted by molar-refractivity contribution is 9.10. The molecule has 0 fully saturated rings. The summed E-state index contributed by atoms with van der Waals surface area (Å²) < 4.78 is 4.43. The molecule has 3 heteroatoms. The standard InChI is InChI=1S/C6H9BrO2/c1-4(2)5(7)6(8)9-3/h5H,1H2,2-3H3. The molecule has 0 saturated heterocycles. The fourth-order valence-corrected chi connectivity index (χ4v) is 0.492. The first-order valence-corrected chi connectivity index (χ1v) is 3.38. The van der Waals surface area contributed by atoms with E-state index in [2.05, 4.69) is 27.2 Å². The van der Waals surface area contributed by atoms with Crippen molar-refractivity contribution in [2.24, 2.45) is 0 Å². The molecule has 0 spiro atoms. The first-order valence-electron chi connectivity index (χ1n) is 2.47. The molecule has 0 aromatic carbocycles. The third-order valence-electron chi connectivity index (χ3n) is 0.841. The molecule has 0 aliphatic carbocycles. The van der Waals surface area contributed by atoms with Gasteiger partial charge < -0.3 is 4.74 Å². The lowest BCUT2D eigenvalue weighted by Crippen LogP contribution is -2.15. The fourth-order valence-electron chi connectivity index (χ4n) is 0.305. The topological polar surface area (TPSA) is 26.3 Å². The maximum Gasteiger partial charge on any atom is 0.323 e. The number of rotatable bonds is 2. The van der Waals surface area contributed by atoms with Crippen molar-refractivity contribution in [1.29, 1.82) is 0 Å². The molecule has 0 aliphatic rings. The minimum Gasteiger partial charge on any atom is -0.468 e. The van der Waals surface area contributed by atoms with Gasteiger partial charge >= 0.3 is 5.97 Å². The van der Waals surface area contributed by atoms with Crippen molar-refractivity contribution in [2.75, 3.05) is 7.11 Å². The molecule has 0 bridgehead atoms. The smallest absolute Gasteiger partial charge is 0.323 e. The molecule has 0 aromatic rings. The first kappa shape index (κ1) is 8.69. The summed E-state index contributed by atoms with van der Waals surface area (Å²) in [6.45, 7) is 5.34. The molecular formula is C6H9BrO2. The molecule has 2 nitrogen and oxygen atoms in total. The summed E-state index contributed by atoms with van der Waals surface area (Å²) in [5, 5.41) is 0. The molecule has 0 saturated carbocycles. The molecule has 0 heterocycles. The van der Waals surface area contributed by atoms with Crippen LogP contribution in [0.5, 0.6) is 0 Å². The van der Waals surface area contributed by atoms with E-state index < -0.39 is 0 Å². The zero-order chi connectivity index (χ0) is 7.44. The van der Waals surface area contributed by atoms with E-state index >= 15 is 0 Å². The highest BCUT2D eigenvalue weighted by Gasteiger charge is 2.14. The van der Waals surface area contributed by atoms with Crippen molar-refractivity contribution in [3.63, 3.8) is 0 Å². The van der Waals surface area contributed by atoms with Crippen molar-refractivity contribution < 1.29 is 9.53 Å². The number of esters is 1. The normalized spacial score (nSPS) is 12.3. The number of carbonyl (C=O) groups is 1. The van der Waals surface area contributed by atoms with E-state index in [-0.39, 0.29) is 10.8 Å². The summed E-state index contributed by atoms with van der Waals surface area (Å²) in [5.74, 6) is -0.303. The average molecular weight is 193 g/mol. The van der Waals surface area contributed by atoms with Crippen LogP contribution in [0.2, 0.25) is 0 Å². The number of halogens is 1. The Labute approximate surface area is 63.0 Å². The Morgan fingerprint density at radius 2 is 2.22 bits per heavy atom. The Bertz CT molecular complexity index is 131. The van der Waals surface area contributed by atoms with Crippen LogP contribution in [0.4, 0.5) is 0 Å². The highest BCUT2D eigenvalue weighted by Crippen LogP contribution is 2.10. The Morgan fingerprint density at radius 1 is 1.78 bits per heavy atom. The van der Waals surface area contributed by atoms with Crippen LogP contribution < -0.4 is 0 Å². The van der Waals surface area contributed by atoms with Gasteiger partial charge in [0.25, 0.3) is 0 Å². The minimum atomic E-state index is -0.359. The second kappa shape index (κ2) is 3.67. The second-order valence-electron chi connectivity index (χ2n) is 1.73. The summed E-state index contributed by atoms with van der Waals surface area (Å²) in [5.41, 5.74) is 0.752. The summed E-state index contributed by atoms with van der Waals surface area (Å²) in [7, 11) is 1.35. The molecule has 0 amide bonds. The van der Waals surface area contributed by atoms with Gasteiger partial charge in [0.2, 0.25) is 0 Å². The highest BCUT2D eigenvalue weighted by atomic mass is 79.9. The predicted octanol–water partition coefficient (Wildman–Crippen LogP) is 1.50. The Morgan fingerprint density at radius 3 is 2.33 bits per heavy atom. The number of carbonyl (C=O) groups excluding carboxylic acids is 1. The number of ether oxygens (including phenoxy) is 1. The van der Waals surface area contributed by atoms with E-state index in [0.29, 0.717) is 0 Å². The van der Waals surface area contributed by atoms with Gasteiger partial charge in [-0.2, -0.15) is 0 Å². The van der Waals surface area contributed by atoms with E-state index in [1.54, 1.807) is 6.92 Å². The van der Waals surface area contributed by atoms with Crippen LogP contribution in [0, 0.1) is 0 Å². The van der Waals surface area contributed by atoms with Crippen LogP contribution in [0.1, 0.15) is 6.92 Å². The maximum absolute atomic E-state index is 10.6. The monoisotopic (exact) mass is 192 g/mol. The van der Waals surface area contributed by atoms with Gasteiger partial charge in [0.1, 0.15) is 4.83 Å². The zero-order valence-corrected chi connectivity index (χ0v) is 7.06. The number of alkyl halides is 1. The molecule has 0 radical (unpaired) electrons. The molecule has 1 atom stereocenters. The van der Waals surface area contributed by atoms with E-state index in [4.69, 9.17) is 0 Å². The zero-order valence-electron chi connectivity index (χ0n) is 5.48. The van der Waals surface area contributed by atoms with Gasteiger partial charge in [-0.25, -0.2) is 0 Å². The summed E-state index contributed by atoms with van der Waals surface area (Å²) in [4.78, 5) is 10.3. The molecule has 1 unspecified atom stereocenters. The fraction of sp³-hybridized carbons (Fsp3) is 0.500. The van der Waals surface area contributed by atoms with Crippen LogP contribution >= 0.6 is 15.9 Å². The minimum absolute atomic E-state index is 0.303. The third-order valence-corrected chi connectivity index (χ3v) is 2.00. The van der Waals surface area contributed by atoms with E-state index in [1.165, 1.54) is 7.11 Å². The predicted molar refractivity (Wildman–Crippen MR) is 39.5 cm³/mol. The Hall–Kier alpha value is -0.310. The van der Waals surface area contributed by atoms with Gasteiger partial charge in [0.15, 0.2) is 0 Å². The molecule has 9 heavy (non-hydrogen) atoms. The molecule has 0 aliphatic heterocycles. The van der Waals surface area contributed by atoms with Gasteiger partial charge in [0.05, 0.1) is 7.11 Å². The van der Waals surface area contributed by atoms with Gasteiger partial charge in [-0.15, -0.1) is 0 Å². The number of hydrogen-bond acceptors (Lipinski definition) is 2. The lowest BCUT2D eigenvalue weighted by Gasteiger charge is -2.04. The SMILES string of the molecule is C=C(C)C(Br)C(=O)OC. The van der Waals surface area contributed by atoms with Gasteiger partial charge in [-0.1, -0.05) is 28.1 Å². The maximum atomic E-state index is 10.6. The van der Waals surface area contributed by atoms with E-state index in [0.717, 1.165) is 5.57 Å². The quantitative estimate of drug-likeness (QED) is 0.377. The molecule has 0 aromatic heterocycles. The van der Waals surface area contributed by atoms with Crippen LogP contribution in [0.15, 0.2) is 12.2 Å². The van der Waals surface area contributed by atoms with Crippen molar-refractivity contribution in [3.05, 3.63) is 12.2 Å². The number of hydrogen-bond donors (Lipinski definition) is 0. The lowest BCUT2D eigenvalue weighted by molar-refractivity contribution is -0.139. The van der Waals surface area contributed by atoms with Gasteiger partial charge in [-0.05, 0) is 6.92 Å². The van der Waals surface area contributed by atoms with Crippen molar-refractivity contribution >= 4 is 21.9 Å². The summed E-state index contributed by atoms with van der Waals surface area (Å²) in [6.07, 6.45) is 0. The molecule has 0 N–H and O–H groups in total. The Kier molecular flexibility index (Phi) is 3.54. The Balaban J connectivity index is 3.88. The molecular weight excluding hydrogens is 184 g/mol. The summed E-state index contributed by atoms with van der Waals surface area (Å²) >= 11 is 3.09. The molecule has 52 valence electrons. The average Bonchev–Trinajstić information content (AvgIpc) is 1.84. The summed E-state index contributed by atoms with van der Waals surface area (Å²) in [6, 6.07) is 0. The van der Waals surface area contributed by atoms with Gasteiger partial charge in [-0.3, -0.25) is 4.79 Å². The van der Waals surface area contributed by atoms with Crippen molar-refractivity contribution in [1.82, 2.24) is 0 Å². The first-order chi connectivity index (χ1) is 4.09. The number of methoxy groups -OCH3 is 1. The van der Waals surface area contributed by atoms with Crippen LogP contribution in [-0.4, -0.2) is 17.9 Å². The lowest BCUT2D eigenvalue weighted by atomic mass is 10.2. The van der Waals surface area contributed by atoms with Crippen LogP contribution in [0.25, 0.3) is 0 Å². The van der Waals surface area contributed by atoms with E-state index in [1.807, 2.05) is 0 Å². The largest absolute Gasteiger partial charge is 0.468 e. The second-order valence-corrected chi connectivity index (χ2v) is 2.65. The van der Waals surface area contributed by atoms with Crippen molar-refractivity contribution in [2.45, 2.75) is 11.8 Å². The van der Waals surface area contributed by atoms with Crippen molar-refractivity contribution in [3.8, 4) is 0 Å². The van der Waals surface area contributed by atoms with Gasteiger partial charge in [0, 0.05) is 0 Å². The van der Waals surface area contributed by atoms with Crippen LogP contribution in [-0.2, 0) is 9.53 Å².